The van der Waals surface area contributed by atoms with Crippen molar-refractivity contribution in [2.75, 3.05) is 0 Å². The van der Waals surface area contributed by atoms with Crippen molar-refractivity contribution in [1.82, 2.24) is 0 Å². The molecule has 56 valence electrons. The molecule has 0 radical (unpaired) electrons. The Labute approximate surface area is 65.8 Å². The summed E-state index contributed by atoms with van der Waals surface area (Å²) in [6.45, 7) is 0. The second-order valence-electron chi connectivity index (χ2n) is 2.90. The van der Waals surface area contributed by atoms with Gasteiger partial charge in [-0.05, 0) is 16.9 Å². The molecule has 2 N–H and O–H groups in total. The maximum atomic E-state index is 5.76. The first-order chi connectivity index (χ1) is 5.36. The third kappa shape index (κ3) is 1.19. The fourth-order valence-corrected chi connectivity index (χ4v) is 1.41. The van der Waals surface area contributed by atoms with Crippen LogP contribution < -0.4 is 16.2 Å². The fraction of sp³-hybridized carbons (Fsp3) is 0.200. The standard InChI is InChI=1S/C10H11N/c11-10-6-5-8-3-1-2-4-9(8)7-10/h1-5,7,10H,6,11H2. The van der Waals surface area contributed by atoms with E-state index >= 15 is 0 Å². The molecule has 0 bridgehead atoms. The van der Waals surface area contributed by atoms with E-state index in [1.807, 2.05) is 6.07 Å². The summed E-state index contributed by atoms with van der Waals surface area (Å²) in [6, 6.07) is 8.54. The minimum Gasteiger partial charge on any atom is -0.324 e. The Morgan fingerprint density at radius 1 is 1.18 bits per heavy atom. The van der Waals surface area contributed by atoms with E-state index in [9.17, 15) is 0 Å². The largest absolute Gasteiger partial charge is 0.324 e. The van der Waals surface area contributed by atoms with Gasteiger partial charge in [0.1, 0.15) is 0 Å². The Kier molecular flexibility index (Phi) is 1.51. The van der Waals surface area contributed by atoms with Crippen molar-refractivity contribution in [3.8, 4) is 0 Å². The number of rotatable bonds is 0. The van der Waals surface area contributed by atoms with E-state index in [4.69, 9.17) is 5.73 Å². The van der Waals surface area contributed by atoms with Crippen molar-refractivity contribution in [3.63, 3.8) is 0 Å². The lowest BCUT2D eigenvalue weighted by atomic mass is 10.1. The van der Waals surface area contributed by atoms with Crippen LogP contribution in [0, 0.1) is 0 Å². The van der Waals surface area contributed by atoms with Crippen molar-refractivity contribution < 1.29 is 0 Å². The van der Waals surface area contributed by atoms with Gasteiger partial charge in [0.25, 0.3) is 0 Å². The van der Waals surface area contributed by atoms with Gasteiger partial charge in [0.2, 0.25) is 0 Å². The number of fused-ring (bicyclic) bond motifs is 1. The molecule has 11 heavy (non-hydrogen) atoms. The van der Waals surface area contributed by atoms with Gasteiger partial charge in [0, 0.05) is 6.04 Å². The quantitative estimate of drug-likeness (QED) is 0.545. The fourth-order valence-electron chi connectivity index (χ4n) is 1.41. The summed E-state index contributed by atoms with van der Waals surface area (Å²) in [5, 5.41) is 2.58. The molecule has 0 amide bonds. The smallest absolute Gasteiger partial charge is 0.0268 e. The molecule has 1 aromatic rings. The predicted octanol–water partition coefficient (Wildman–Crippen LogP) is -0.0214. The normalized spacial score (nSPS) is 21.4. The van der Waals surface area contributed by atoms with Crippen molar-refractivity contribution in [2.24, 2.45) is 5.73 Å². The summed E-state index contributed by atoms with van der Waals surface area (Å²) in [5.74, 6) is 0. The summed E-state index contributed by atoms with van der Waals surface area (Å²) in [6.07, 6.45) is 5.28. The summed E-state index contributed by atoms with van der Waals surface area (Å²) in [4.78, 5) is 0. The lowest BCUT2D eigenvalue weighted by Gasteiger charge is -2.06. The summed E-state index contributed by atoms with van der Waals surface area (Å²) in [5.41, 5.74) is 5.76. The highest BCUT2D eigenvalue weighted by Gasteiger charge is 1.99. The summed E-state index contributed by atoms with van der Waals surface area (Å²) >= 11 is 0. The van der Waals surface area contributed by atoms with E-state index in [0.29, 0.717) is 0 Å². The van der Waals surface area contributed by atoms with Crippen molar-refractivity contribution >= 4 is 12.2 Å². The highest BCUT2D eigenvalue weighted by atomic mass is 14.6. The molecule has 1 aliphatic rings. The number of hydrogen-bond acceptors (Lipinski definition) is 1. The Hall–Kier alpha value is -1.08. The minimum atomic E-state index is 0.213. The molecule has 1 nitrogen and oxygen atoms in total. The van der Waals surface area contributed by atoms with E-state index in [2.05, 4.69) is 30.4 Å². The van der Waals surface area contributed by atoms with Gasteiger partial charge in [-0.15, -0.1) is 0 Å². The molecule has 1 heteroatoms. The van der Waals surface area contributed by atoms with Gasteiger partial charge >= 0.3 is 0 Å². The average molecular weight is 145 g/mol. The molecule has 0 aromatic heterocycles. The predicted molar refractivity (Wildman–Crippen MR) is 47.2 cm³/mol. The van der Waals surface area contributed by atoms with Crippen molar-refractivity contribution in [2.45, 2.75) is 12.5 Å². The molecule has 0 heterocycles. The van der Waals surface area contributed by atoms with E-state index in [0.717, 1.165) is 6.42 Å². The maximum absolute atomic E-state index is 5.76. The van der Waals surface area contributed by atoms with Crippen LogP contribution in [-0.2, 0) is 0 Å². The van der Waals surface area contributed by atoms with Gasteiger partial charge < -0.3 is 5.73 Å². The Morgan fingerprint density at radius 3 is 2.73 bits per heavy atom. The van der Waals surface area contributed by atoms with Crippen LogP contribution in [0.3, 0.4) is 0 Å². The number of benzene rings is 1. The minimum absolute atomic E-state index is 0.213. The van der Waals surface area contributed by atoms with Gasteiger partial charge in [0.05, 0.1) is 0 Å². The highest BCUT2D eigenvalue weighted by molar-refractivity contribution is 5.42. The highest BCUT2D eigenvalue weighted by Crippen LogP contribution is 1.93. The summed E-state index contributed by atoms with van der Waals surface area (Å²) < 4.78 is 0. The van der Waals surface area contributed by atoms with Crippen molar-refractivity contribution in [1.29, 1.82) is 0 Å². The van der Waals surface area contributed by atoms with Crippen LogP contribution in [0.2, 0.25) is 0 Å². The van der Waals surface area contributed by atoms with Crippen LogP contribution in [0.15, 0.2) is 24.3 Å². The van der Waals surface area contributed by atoms with Crippen LogP contribution in [0.5, 0.6) is 0 Å². The molecule has 1 unspecified atom stereocenters. The second-order valence-corrected chi connectivity index (χ2v) is 2.90. The molecule has 0 spiro atoms. The molecule has 0 aliphatic heterocycles. The van der Waals surface area contributed by atoms with E-state index in [-0.39, 0.29) is 6.04 Å². The molecule has 0 saturated carbocycles. The van der Waals surface area contributed by atoms with Crippen LogP contribution in [-0.4, -0.2) is 6.04 Å². The van der Waals surface area contributed by atoms with Gasteiger partial charge in [-0.1, -0.05) is 36.4 Å². The first-order valence-corrected chi connectivity index (χ1v) is 3.89. The van der Waals surface area contributed by atoms with Crippen LogP contribution >= 0.6 is 0 Å². The number of nitrogens with two attached hydrogens (primary N) is 1. The monoisotopic (exact) mass is 145 g/mol. The third-order valence-electron chi connectivity index (χ3n) is 2.00. The first-order valence-electron chi connectivity index (χ1n) is 3.89. The van der Waals surface area contributed by atoms with Crippen LogP contribution in [0.1, 0.15) is 6.42 Å². The van der Waals surface area contributed by atoms with Gasteiger partial charge in [0.15, 0.2) is 0 Å². The first kappa shape index (κ1) is 6.62. The van der Waals surface area contributed by atoms with Gasteiger partial charge in [-0.25, -0.2) is 0 Å². The van der Waals surface area contributed by atoms with Crippen LogP contribution in [0.4, 0.5) is 0 Å². The molecular formula is C10H11N. The lowest BCUT2D eigenvalue weighted by molar-refractivity contribution is 0.887. The van der Waals surface area contributed by atoms with Gasteiger partial charge in [-0.2, -0.15) is 0 Å². The number of hydrogen-bond donors (Lipinski definition) is 1. The van der Waals surface area contributed by atoms with E-state index in [1.54, 1.807) is 0 Å². The molecule has 1 aromatic carbocycles. The zero-order valence-corrected chi connectivity index (χ0v) is 6.33. The van der Waals surface area contributed by atoms with Gasteiger partial charge in [-0.3, -0.25) is 0 Å². The topological polar surface area (TPSA) is 26.0 Å². The summed E-state index contributed by atoms with van der Waals surface area (Å²) in [7, 11) is 0. The maximum Gasteiger partial charge on any atom is 0.0268 e. The zero-order chi connectivity index (χ0) is 7.68. The Morgan fingerprint density at radius 2 is 1.91 bits per heavy atom. The molecule has 0 fully saturated rings. The molecule has 1 aliphatic carbocycles. The van der Waals surface area contributed by atoms with Crippen LogP contribution in [0.25, 0.3) is 12.2 Å². The average Bonchev–Trinajstić information content (AvgIpc) is 2.04. The molecule has 2 rings (SSSR count). The Balaban J connectivity index is 2.73. The SMILES string of the molecule is NC1C=c2ccccc2=CC1. The van der Waals surface area contributed by atoms with E-state index in [1.165, 1.54) is 10.4 Å². The Bertz CT molecular complexity index is 365. The van der Waals surface area contributed by atoms with Crippen molar-refractivity contribution in [3.05, 3.63) is 34.7 Å². The lowest BCUT2D eigenvalue weighted by Crippen LogP contribution is -2.33. The molecule has 0 saturated heterocycles. The zero-order valence-electron chi connectivity index (χ0n) is 6.33. The molecular weight excluding hydrogens is 134 g/mol. The second kappa shape index (κ2) is 2.51. The van der Waals surface area contributed by atoms with E-state index < -0.39 is 0 Å². The third-order valence-corrected chi connectivity index (χ3v) is 2.00. The molecule has 1 atom stereocenters.